The fraction of sp³-hybridized carbons (Fsp3) is 0.516. The third-order valence-corrected chi connectivity index (χ3v) is 6.92. The van der Waals surface area contributed by atoms with Crippen molar-refractivity contribution < 1.29 is 92.3 Å². The molecule has 0 aromatic rings. The van der Waals surface area contributed by atoms with Gasteiger partial charge in [0.25, 0.3) is 0 Å². The van der Waals surface area contributed by atoms with Crippen molar-refractivity contribution >= 4 is 88.9 Å². The first-order valence-corrected chi connectivity index (χ1v) is 17.4. The van der Waals surface area contributed by atoms with Crippen LogP contribution in [-0.2, 0) is 71.9 Å². The van der Waals surface area contributed by atoms with Crippen LogP contribution in [0.1, 0.15) is 32.6 Å². The van der Waals surface area contributed by atoms with Gasteiger partial charge in [-0.05, 0) is 6.42 Å². The Kier molecular flexibility index (Phi) is 24.7. The lowest BCUT2D eigenvalue weighted by Crippen LogP contribution is -2.54. The van der Waals surface area contributed by atoms with Crippen molar-refractivity contribution in [3.63, 3.8) is 0 Å². The van der Waals surface area contributed by atoms with Crippen LogP contribution in [0.2, 0.25) is 0 Å². The van der Waals surface area contributed by atoms with E-state index in [0.717, 1.165) is 0 Å². The van der Waals surface area contributed by atoms with Gasteiger partial charge in [0.1, 0.15) is 18.1 Å². The second-order valence-electron chi connectivity index (χ2n) is 12.1. The van der Waals surface area contributed by atoms with E-state index in [2.05, 4.69) is 42.5 Å². The normalized spacial score (nSPS) is 11.6. The van der Waals surface area contributed by atoms with Gasteiger partial charge in [0.05, 0.1) is 65.2 Å². The van der Waals surface area contributed by atoms with Crippen LogP contribution in [0, 0.1) is 0 Å². The predicted octanol–water partition coefficient (Wildman–Crippen LogP) is -9.71. The number of aliphatic carboxylic acids is 4. The van der Waals surface area contributed by atoms with E-state index in [0.29, 0.717) is 0 Å². The average Bonchev–Trinajstić information content (AvgIpc) is 3.17. The first-order chi connectivity index (χ1) is 28.5. The molecule has 0 bridgehead atoms. The van der Waals surface area contributed by atoms with Crippen molar-refractivity contribution in [3.05, 3.63) is 0 Å². The Hall–Kier alpha value is -7.95. The van der Waals surface area contributed by atoms with E-state index in [9.17, 15) is 71.9 Å². The standard InChI is InChI=1S/C31H45N11O19/c1-14(43)32-6-18(44)33-7-19(45)34-9-21(47)37-12-24(50)40-15(2-3-26(52)53)29(58)39-11-23(49)36-8-20(46)35-10-22(48)38-13-25(51)41-16(4-27(54)55)30(59)42-17(31(60)61)5-28(56)57/h15-17H,2-13H2,1H3,(H,32,43)(H,33,44)(H,34,45)(H,35,46)(H,36,49)(H,37,47)(H,38,48)(H,39,58)(H,40,50)(H,41,51)(H,42,59)(H,52,53)(H,54,55)(H,56,57)(H,60,61)/t15-,16-,17-/m0/s1. The number of carboxylic acid groups (broad SMARTS) is 4. The first-order valence-electron chi connectivity index (χ1n) is 17.4. The summed E-state index contributed by atoms with van der Waals surface area (Å²) < 4.78 is 0. The average molecular weight is 876 g/mol. The molecule has 61 heavy (non-hydrogen) atoms. The molecule has 0 heterocycles. The van der Waals surface area contributed by atoms with Crippen molar-refractivity contribution in [1.82, 2.24) is 58.5 Å². The molecule has 0 aliphatic rings. The predicted molar refractivity (Wildman–Crippen MR) is 195 cm³/mol. The van der Waals surface area contributed by atoms with Crippen molar-refractivity contribution in [2.75, 3.05) is 52.4 Å². The molecule has 3 atom stereocenters. The van der Waals surface area contributed by atoms with E-state index >= 15 is 0 Å². The van der Waals surface area contributed by atoms with Crippen LogP contribution in [0.15, 0.2) is 0 Å². The highest BCUT2D eigenvalue weighted by Gasteiger charge is 2.30. The maximum Gasteiger partial charge on any atom is 0.326 e. The summed E-state index contributed by atoms with van der Waals surface area (Å²) in [5.74, 6) is -16.5. The molecule has 30 heteroatoms. The van der Waals surface area contributed by atoms with E-state index in [1.807, 2.05) is 10.6 Å². The van der Waals surface area contributed by atoms with E-state index in [1.54, 1.807) is 5.32 Å². The molecule has 30 nitrogen and oxygen atoms in total. The first kappa shape index (κ1) is 53.0. The van der Waals surface area contributed by atoms with Crippen LogP contribution in [0.4, 0.5) is 0 Å². The Morgan fingerprint density at radius 1 is 0.361 bits per heavy atom. The number of amides is 11. The van der Waals surface area contributed by atoms with Crippen LogP contribution in [0.3, 0.4) is 0 Å². The fourth-order valence-corrected chi connectivity index (χ4v) is 4.00. The van der Waals surface area contributed by atoms with Gasteiger partial charge in [0.15, 0.2) is 0 Å². The summed E-state index contributed by atoms with van der Waals surface area (Å²) in [6.07, 6.45) is -3.19. The SMILES string of the molecule is CC(=O)NCC(=O)NCC(=O)NCC(=O)NCC(=O)N[C@@H](CCC(=O)O)C(=O)NCC(=O)NCC(=O)NCC(=O)NCC(=O)N[C@@H](CC(=O)O)C(=O)N[C@@H](CC(=O)O)C(=O)O. The molecule has 0 aliphatic carbocycles. The van der Waals surface area contributed by atoms with Crippen LogP contribution < -0.4 is 58.5 Å². The molecule has 0 spiro atoms. The molecule has 0 fully saturated rings. The van der Waals surface area contributed by atoms with Gasteiger partial charge in [0.2, 0.25) is 65.0 Å². The summed E-state index contributed by atoms with van der Waals surface area (Å²) in [4.78, 5) is 176. The van der Waals surface area contributed by atoms with Crippen LogP contribution in [0.5, 0.6) is 0 Å². The Morgan fingerprint density at radius 2 is 0.689 bits per heavy atom. The van der Waals surface area contributed by atoms with E-state index in [4.69, 9.17) is 20.4 Å². The quantitative estimate of drug-likeness (QED) is 0.0332. The topological polar surface area (TPSA) is 469 Å². The maximum absolute atomic E-state index is 12.6. The summed E-state index contributed by atoms with van der Waals surface area (Å²) >= 11 is 0. The van der Waals surface area contributed by atoms with E-state index in [-0.39, 0.29) is 6.54 Å². The molecule has 0 aromatic heterocycles. The number of rotatable bonds is 29. The van der Waals surface area contributed by atoms with E-state index in [1.165, 1.54) is 6.92 Å². The van der Waals surface area contributed by atoms with Gasteiger partial charge in [-0.1, -0.05) is 0 Å². The number of carboxylic acids is 4. The zero-order chi connectivity index (χ0) is 46.7. The molecule has 0 rings (SSSR count). The smallest absolute Gasteiger partial charge is 0.326 e. The van der Waals surface area contributed by atoms with Crippen molar-refractivity contribution in [2.24, 2.45) is 0 Å². The Labute approximate surface area is 342 Å². The van der Waals surface area contributed by atoms with Crippen LogP contribution >= 0.6 is 0 Å². The van der Waals surface area contributed by atoms with E-state index < -0.39 is 178 Å². The van der Waals surface area contributed by atoms with Gasteiger partial charge in [0, 0.05) is 13.3 Å². The zero-order valence-corrected chi connectivity index (χ0v) is 32.1. The fourth-order valence-electron chi connectivity index (χ4n) is 4.00. The summed E-state index contributed by atoms with van der Waals surface area (Å²) in [6.45, 7) is -4.28. The van der Waals surface area contributed by atoms with Gasteiger partial charge >= 0.3 is 23.9 Å². The highest BCUT2D eigenvalue weighted by molar-refractivity contribution is 5.96. The number of carbonyl (C=O) groups is 15. The second kappa shape index (κ2) is 28.5. The molecule has 11 amide bonds. The van der Waals surface area contributed by atoms with Gasteiger partial charge < -0.3 is 78.9 Å². The number of hydrogen-bond donors (Lipinski definition) is 15. The van der Waals surface area contributed by atoms with Crippen molar-refractivity contribution in [2.45, 2.75) is 50.7 Å². The third kappa shape index (κ3) is 27.3. The lowest BCUT2D eigenvalue weighted by molar-refractivity contribution is -0.148. The molecule has 0 aliphatic heterocycles. The lowest BCUT2D eigenvalue weighted by atomic mass is 10.1. The second-order valence-corrected chi connectivity index (χ2v) is 12.1. The van der Waals surface area contributed by atoms with Crippen LogP contribution in [-0.4, -0.2) is 180 Å². The van der Waals surface area contributed by atoms with Crippen molar-refractivity contribution in [3.8, 4) is 0 Å². The number of hydrogen-bond acceptors (Lipinski definition) is 15. The van der Waals surface area contributed by atoms with Gasteiger partial charge in [-0.25, -0.2) is 4.79 Å². The Balaban J connectivity index is 4.76. The summed E-state index contributed by atoms with van der Waals surface area (Å²) in [6, 6.07) is -5.36. The van der Waals surface area contributed by atoms with Gasteiger partial charge in [-0.3, -0.25) is 67.1 Å². The highest BCUT2D eigenvalue weighted by Crippen LogP contribution is 2.00. The maximum atomic E-state index is 12.6. The minimum atomic E-state index is -1.96. The third-order valence-electron chi connectivity index (χ3n) is 6.92. The molecule has 338 valence electrons. The molecule has 0 saturated heterocycles. The number of nitrogens with one attached hydrogen (secondary N) is 11. The number of carbonyl (C=O) groups excluding carboxylic acids is 11. The minimum Gasteiger partial charge on any atom is -0.481 e. The molecular weight excluding hydrogens is 830 g/mol. The van der Waals surface area contributed by atoms with Crippen molar-refractivity contribution in [1.29, 1.82) is 0 Å². The summed E-state index contributed by atoms with van der Waals surface area (Å²) in [5, 5.41) is 58.7. The largest absolute Gasteiger partial charge is 0.481 e. The summed E-state index contributed by atoms with van der Waals surface area (Å²) in [5.41, 5.74) is 0. The molecule has 0 radical (unpaired) electrons. The Bertz CT molecular complexity index is 1720. The minimum absolute atomic E-state index is 0.380. The molecule has 0 unspecified atom stereocenters. The molecule has 0 aromatic carbocycles. The van der Waals surface area contributed by atoms with Crippen LogP contribution in [0.25, 0.3) is 0 Å². The monoisotopic (exact) mass is 875 g/mol. The Morgan fingerprint density at radius 3 is 1.03 bits per heavy atom. The zero-order valence-electron chi connectivity index (χ0n) is 32.1. The molecule has 15 N–H and O–H groups in total. The van der Waals surface area contributed by atoms with Gasteiger partial charge in [-0.2, -0.15) is 0 Å². The highest BCUT2D eigenvalue weighted by atomic mass is 16.4. The summed E-state index contributed by atoms with van der Waals surface area (Å²) in [7, 11) is 0. The molecule has 0 saturated carbocycles. The molecular formula is C31H45N11O19. The lowest BCUT2D eigenvalue weighted by Gasteiger charge is -2.19. The van der Waals surface area contributed by atoms with Gasteiger partial charge in [-0.15, -0.1) is 0 Å².